The van der Waals surface area contributed by atoms with Crippen LogP contribution >= 0.6 is 11.8 Å². The summed E-state index contributed by atoms with van der Waals surface area (Å²) in [6, 6.07) is 17.2. The Morgan fingerprint density at radius 3 is 2.68 bits per heavy atom. The monoisotopic (exact) mass is 525 g/mol. The third-order valence-electron chi connectivity index (χ3n) is 7.69. The lowest BCUT2D eigenvalue weighted by Crippen LogP contribution is -2.21. The van der Waals surface area contributed by atoms with Crippen LogP contribution in [0.15, 0.2) is 66.1 Å². The van der Waals surface area contributed by atoms with E-state index in [9.17, 15) is 10.1 Å². The lowest BCUT2D eigenvalue weighted by molar-refractivity contribution is 0.108. The molecule has 0 saturated heterocycles. The second-order valence-electron chi connectivity index (χ2n) is 10.3. The molecule has 2 aromatic carbocycles. The van der Waals surface area contributed by atoms with Gasteiger partial charge in [0.25, 0.3) is 0 Å². The molecule has 0 bridgehead atoms. The molecule has 38 heavy (non-hydrogen) atoms. The van der Waals surface area contributed by atoms with Crippen molar-refractivity contribution in [2.45, 2.75) is 62.6 Å². The van der Waals surface area contributed by atoms with Crippen molar-refractivity contribution in [2.24, 2.45) is 5.92 Å². The average Bonchev–Trinajstić information content (AvgIpc) is 3.53. The number of hydrogen-bond donors (Lipinski definition) is 1. The van der Waals surface area contributed by atoms with Gasteiger partial charge in [-0.2, -0.15) is 5.26 Å². The third-order valence-corrected chi connectivity index (χ3v) is 8.66. The average molecular weight is 526 g/mol. The number of benzene rings is 2. The first-order valence-electron chi connectivity index (χ1n) is 13.4. The van der Waals surface area contributed by atoms with Gasteiger partial charge in [0.15, 0.2) is 0 Å². The van der Waals surface area contributed by atoms with Crippen LogP contribution in [0.1, 0.15) is 50.6 Å². The van der Waals surface area contributed by atoms with E-state index >= 15 is 0 Å². The number of aryl methyl sites for hydroxylation is 1. The second kappa shape index (κ2) is 10.6. The number of nitrogens with one attached hydrogen (secondary N) is 1. The van der Waals surface area contributed by atoms with Crippen molar-refractivity contribution in [2.75, 3.05) is 11.1 Å². The van der Waals surface area contributed by atoms with E-state index in [1.165, 1.54) is 6.42 Å². The van der Waals surface area contributed by atoms with E-state index in [-0.39, 0.29) is 6.10 Å². The van der Waals surface area contributed by atoms with Gasteiger partial charge >= 0.3 is 6.09 Å². The topological polar surface area (TPSA) is 84.9 Å². The summed E-state index contributed by atoms with van der Waals surface area (Å²) in [4.78, 5) is 17.6. The molecule has 194 valence electrons. The molecule has 0 radical (unpaired) electrons. The van der Waals surface area contributed by atoms with Crippen LogP contribution in [0.5, 0.6) is 0 Å². The molecule has 2 heterocycles. The van der Waals surface area contributed by atoms with Gasteiger partial charge in [0.1, 0.15) is 12.2 Å². The molecule has 1 unspecified atom stereocenters. The number of hydrogen-bond acceptors (Lipinski definition) is 5. The summed E-state index contributed by atoms with van der Waals surface area (Å²) in [6.45, 7) is 2.84. The number of anilines is 1. The number of carbonyl (C=O) groups is 1. The molecule has 2 saturated carbocycles. The maximum absolute atomic E-state index is 12.3. The number of amides is 1. The van der Waals surface area contributed by atoms with Crippen molar-refractivity contribution >= 4 is 34.4 Å². The van der Waals surface area contributed by atoms with E-state index in [0.29, 0.717) is 23.2 Å². The Bertz CT molecular complexity index is 1480. The number of nitriles is 1. The highest BCUT2D eigenvalue weighted by Crippen LogP contribution is 2.43. The number of carbonyl (C=O) groups excluding carboxylic acids is 1. The van der Waals surface area contributed by atoms with Gasteiger partial charge in [-0.15, -0.1) is 11.8 Å². The zero-order chi connectivity index (χ0) is 26.1. The summed E-state index contributed by atoms with van der Waals surface area (Å²) in [5, 5.41) is 14.2. The number of nitrogens with zero attached hydrogens (tertiary/aromatic N) is 4. The molecule has 6 rings (SSSR count). The molecule has 2 aliphatic rings. The van der Waals surface area contributed by atoms with E-state index in [4.69, 9.17) is 4.74 Å². The minimum absolute atomic E-state index is 0.0559. The minimum atomic E-state index is -0.420. The molecular formula is C30H31N5O2S. The summed E-state index contributed by atoms with van der Waals surface area (Å²) >= 11 is 1.79. The highest BCUT2D eigenvalue weighted by molar-refractivity contribution is 7.99. The number of thioether (sulfide) groups is 1. The minimum Gasteiger partial charge on any atom is -0.446 e. The highest BCUT2D eigenvalue weighted by Gasteiger charge is 2.31. The first kappa shape index (κ1) is 24.6. The Morgan fingerprint density at radius 2 is 2.03 bits per heavy atom. The second-order valence-corrected chi connectivity index (χ2v) is 11.4. The normalized spacial score (nSPS) is 16.1. The van der Waals surface area contributed by atoms with Crippen LogP contribution in [0.4, 0.5) is 10.5 Å². The zero-order valence-electron chi connectivity index (χ0n) is 21.5. The third kappa shape index (κ3) is 5.03. The van der Waals surface area contributed by atoms with Crippen LogP contribution in [-0.4, -0.2) is 32.1 Å². The summed E-state index contributed by atoms with van der Waals surface area (Å²) in [7, 11) is 0. The summed E-state index contributed by atoms with van der Waals surface area (Å²) in [5.74, 6) is 1.42. The quantitative estimate of drug-likeness (QED) is 0.233. The Balaban J connectivity index is 1.27. The summed E-state index contributed by atoms with van der Waals surface area (Å²) in [5.41, 5.74) is 4.44. The van der Waals surface area contributed by atoms with Gasteiger partial charge in [-0.3, -0.25) is 5.32 Å². The van der Waals surface area contributed by atoms with E-state index in [1.54, 1.807) is 18.0 Å². The predicted octanol–water partition coefficient (Wildman–Crippen LogP) is 7.24. The molecule has 7 nitrogen and oxygen atoms in total. The lowest BCUT2D eigenvalue weighted by atomic mass is 9.92. The molecule has 0 spiro atoms. The molecule has 1 N–H and O–H groups in total. The van der Waals surface area contributed by atoms with Crippen LogP contribution in [0.2, 0.25) is 0 Å². The van der Waals surface area contributed by atoms with Gasteiger partial charge in [-0.1, -0.05) is 12.1 Å². The van der Waals surface area contributed by atoms with Crippen molar-refractivity contribution in [3.63, 3.8) is 0 Å². The largest absolute Gasteiger partial charge is 0.446 e. The van der Waals surface area contributed by atoms with E-state index in [0.717, 1.165) is 65.0 Å². The van der Waals surface area contributed by atoms with Crippen LogP contribution in [0, 0.1) is 17.2 Å². The van der Waals surface area contributed by atoms with Crippen LogP contribution in [0.3, 0.4) is 0 Å². The van der Waals surface area contributed by atoms with Crippen molar-refractivity contribution in [1.29, 1.82) is 5.26 Å². The van der Waals surface area contributed by atoms with Crippen molar-refractivity contribution in [3.05, 3.63) is 66.7 Å². The zero-order valence-corrected chi connectivity index (χ0v) is 22.3. The fourth-order valence-electron chi connectivity index (χ4n) is 5.18. The molecule has 8 heteroatoms. The van der Waals surface area contributed by atoms with Gasteiger partial charge < -0.3 is 13.9 Å². The maximum atomic E-state index is 12.3. The van der Waals surface area contributed by atoms with Gasteiger partial charge in [-0.25, -0.2) is 9.78 Å². The number of fused-ring (bicyclic) bond motifs is 1. The molecule has 2 fully saturated rings. The summed E-state index contributed by atoms with van der Waals surface area (Å²) in [6.07, 6.45) is 10.8. The van der Waals surface area contributed by atoms with Crippen molar-refractivity contribution in [3.8, 4) is 17.3 Å². The highest BCUT2D eigenvalue weighted by atomic mass is 32.2. The standard InChI is InChI=1S/C30H31N5O2S/c1-20(21-5-6-21)37-30(36)33-23-9-7-22(8-10-23)29-27(18-31)26-17-25(38-16-15-34-14-13-32-19-34)11-12-28(26)35(29)24-3-2-4-24/h7-14,17,19-21,24H,2-6,15-16H2,1H3,(H,33,36). The molecule has 1 amide bonds. The van der Waals surface area contributed by atoms with Crippen LogP contribution in [-0.2, 0) is 11.3 Å². The van der Waals surface area contributed by atoms with E-state index < -0.39 is 6.09 Å². The van der Waals surface area contributed by atoms with Gasteiger partial charge in [0, 0.05) is 46.7 Å². The van der Waals surface area contributed by atoms with E-state index in [2.05, 4.69) is 43.7 Å². The van der Waals surface area contributed by atoms with Gasteiger partial charge in [-0.05, 0) is 80.8 Å². The predicted molar refractivity (Wildman–Crippen MR) is 150 cm³/mol. The molecule has 4 aromatic rings. The first-order chi connectivity index (χ1) is 18.6. The Labute approximate surface area is 226 Å². The SMILES string of the molecule is CC(OC(=O)Nc1ccc(-c2c(C#N)c3cc(SCCn4ccnc4)ccc3n2C2CCC2)cc1)C1CC1. The van der Waals surface area contributed by atoms with Crippen LogP contribution < -0.4 is 5.32 Å². The van der Waals surface area contributed by atoms with Gasteiger partial charge in [0.2, 0.25) is 0 Å². The lowest BCUT2D eigenvalue weighted by Gasteiger charge is -2.30. The molecule has 2 aliphatic carbocycles. The number of ether oxygens (including phenoxy) is 1. The molecule has 0 aliphatic heterocycles. The summed E-state index contributed by atoms with van der Waals surface area (Å²) < 4.78 is 9.94. The number of imidazole rings is 1. The van der Waals surface area contributed by atoms with Crippen LogP contribution in [0.25, 0.3) is 22.2 Å². The number of rotatable bonds is 9. The Kier molecular flexibility index (Phi) is 6.86. The first-order valence-corrected chi connectivity index (χ1v) is 14.3. The number of aromatic nitrogens is 3. The molecule has 1 atom stereocenters. The fourth-order valence-corrected chi connectivity index (χ4v) is 6.09. The van der Waals surface area contributed by atoms with Crippen molar-refractivity contribution in [1.82, 2.24) is 14.1 Å². The fraction of sp³-hybridized carbons (Fsp3) is 0.367. The molecular weight excluding hydrogens is 494 g/mol. The molecule has 2 aromatic heterocycles. The smallest absolute Gasteiger partial charge is 0.411 e. The van der Waals surface area contributed by atoms with E-state index in [1.807, 2.05) is 43.7 Å². The Hall–Kier alpha value is -3.70. The van der Waals surface area contributed by atoms with Crippen molar-refractivity contribution < 1.29 is 9.53 Å². The Morgan fingerprint density at radius 1 is 1.21 bits per heavy atom. The maximum Gasteiger partial charge on any atom is 0.411 e. The van der Waals surface area contributed by atoms with Gasteiger partial charge in [0.05, 0.1) is 23.1 Å².